The monoisotopic (exact) mass is 1240 g/mol. The van der Waals surface area contributed by atoms with Crippen LogP contribution >= 0.6 is 0 Å². The summed E-state index contributed by atoms with van der Waals surface area (Å²) < 4.78 is 38.3. The Labute approximate surface area is 533 Å². The van der Waals surface area contributed by atoms with Crippen LogP contribution in [0.5, 0.6) is 17.2 Å². The molecule has 0 aromatic heterocycles. The molecule has 0 saturated carbocycles. The summed E-state index contributed by atoms with van der Waals surface area (Å²) in [6.07, 6.45) is -0.162. The largest absolute Gasteiger partial charge is 0.456 e. The zero-order valence-corrected chi connectivity index (χ0v) is 49.8. The maximum atomic E-state index is 15.6. The van der Waals surface area contributed by atoms with Gasteiger partial charge in [0.2, 0.25) is 0 Å². The molecule has 0 amide bonds. The van der Waals surface area contributed by atoms with Crippen LogP contribution in [0.2, 0.25) is 0 Å². The molecule has 18 heteroatoms. The van der Waals surface area contributed by atoms with E-state index in [2.05, 4.69) is 0 Å². The van der Waals surface area contributed by atoms with Crippen LogP contribution in [-0.4, -0.2) is 107 Å². The van der Waals surface area contributed by atoms with E-state index in [1.165, 1.54) is 14.7 Å². The Morgan fingerprint density at radius 2 is 0.505 bits per heavy atom. The first-order valence-electron chi connectivity index (χ1n) is 30.0. The molecule has 0 bridgehead atoms. The van der Waals surface area contributed by atoms with E-state index >= 15 is 14.4 Å². The van der Waals surface area contributed by atoms with Crippen molar-refractivity contribution in [2.24, 2.45) is 0 Å². The zero-order chi connectivity index (χ0) is 64.3. The van der Waals surface area contributed by atoms with Gasteiger partial charge in [0, 0.05) is 52.6 Å². The molecule has 3 atom stereocenters. The third kappa shape index (κ3) is 11.6. The Balaban J connectivity index is 0.941. The molecule has 4 aliphatic heterocycles. The molecule has 18 nitrogen and oxygen atoms in total. The van der Waals surface area contributed by atoms with Crippen LogP contribution in [0.1, 0.15) is 95.5 Å². The van der Waals surface area contributed by atoms with E-state index in [1.54, 1.807) is 237 Å². The fourth-order valence-electron chi connectivity index (χ4n) is 12.1. The molecular weight excluding hydrogens is 1180 g/mol. The first-order chi connectivity index (χ1) is 45.2. The molecule has 9 aromatic rings. The number of ketones is 6. The average Bonchev–Trinajstić information content (AvgIpc) is 0.690. The summed E-state index contributed by atoms with van der Waals surface area (Å²) in [5.41, 5.74) is -2.75. The van der Waals surface area contributed by atoms with Crippen LogP contribution in [-0.2, 0) is 65.0 Å². The minimum Gasteiger partial charge on any atom is -0.456 e. The molecule has 1 fully saturated rings. The van der Waals surface area contributed by atoms with Gasteiger partial charge in [0.15, 0.2) is 54.5 Å². The Bertz CT molecular complexity index is 3970. The fraction of sp³-hybridized carbons (Fsp3) is 0.160. The molecule has 0 aliphatic carbocycles. The highest BCUT2D eigenvalue weighted by molar-refractivity contribution is 6.02. The molecule has 0 N–H and O–H groups in total. The van der Waals surface area contributed by atoms with Crippen molar-refractivity contribution in [3.63, 3.8) is 0 Å². The SMILES string of the molecule is O=C(COC(=O)C1(N2CN(C3(C(=O)OCC(=O)c4ccccc4)Oc4cc(CC(=O)c5ccccc5)ccc43)CN(C3(C(=O)OCC(=O)c4ccccc4)Oc4cc(CC(=O)c5ccccc5)ccc43)C2)Oc2cc(CC(=O)c3ccccc3)ccc21)c1ccccc1. The predicted molar refractivity (Wildman–Crippen MR) is 335 cm³/mol. The molecule has 93 heavy (non-hydrogen) atoms. The summed E-state index contributed by atoms with van der Waals surface area (Å²) >= 11 is 0. The molecule has 462 valence electrons. The standard InChI is InChI=1S/C75H57N3O15/c79-61(52-19-7-1-8-20-52)37-49-31-34-58-67(40-49)91-73(58,70(85)88-43-64(82)55-25-13-4-14-26-55)76-46-77(74(71(86)89-44-65(83)56-27-15-5-16-28-56)59-35-32-50(41-68(59)92-74)38-62(80)53-21-9-2-10-22-53)48-78(47-76)75(72(87)90-45-66(84)57-29-17-6-18-30-57)60-36-33-51(42-69(60)93-75)39-63(81)54-23-11-3-12-24-54/h1-36,40-42H,37-39,43-48H2. The van der Waals surface area contributed by atoms with Gasteiger partial charge in [0.05, 0.1) is 36.7 Å². The normalized spacial score (nSPS) is 18.5. The number of fused-ring (bicyclic) bond motifs is 3. The first kappa shape index (κ1) is 60.6. The van der Waals surface area contributed by atoms with Gasteiger partial charge in [0.25, 0.3) is 17.2 Å². The lowest BCUT2D eigenvalue weighted by Crippen LogP contribution is -2.77. The molecular formula is C75H57N3O15. The van der Waals surface area contributed by atoms with E-state index in [0.29, 0.717) is 33.4 Å². The van der Waals surface area contributed by atoms with Gasteiger partial charge < -0.3 is 28.4 Å². The number of Topliss-reactive ketones (excluding diaryl/α,β-unsaturated/α-hetero) is 6. The lowest BCUT2D eigenvalue weighted by atomic mass is 9.88. The van der Waals surface area contributed by atoms with Gasteiger partial charge in [-0.2, -0.15) is 0 Å². The molecule has 4 heterocycles. The van der Waals surface area contributed by atoms with Crippen molar-refractivity contribution in [2.75, 3.05) is 39.8 Å². The van der Waals surface area contributed by atoms with E-state index in [9.17, 15) is 28.8 Å². The topological polar surface area (TPSA) is 219 Å². The molecule has 3 unspecified atom stereocenters. The van der Waals surface area contributed by atoms with Gasteiger partial charge in [-0.15, -0.1) is 0 Å². The van der Waals surface area contributed by atoms with Gasteiger partial charge in [0.1, 0.15) is 17.2 Å². The zero-order valence-electron chi connectivity index (χ0n) is 49.8. The van der Waals surface area contributed by atoms with Gasteiger partial charge in [-0.3, -0.25) is 28.8 Å². The summed E-state index contributed by atoms with van der Waals surface area (Å²) in [5, 5.41) is 0. The minimum atomic E-state index is -2.35. The van der Waals surface area contributed by atoms with Gasteiger partial charge >= 0.3 is 17.9 Å². The van der Waals surface area contributed by atoms with Crippen LogP contribution in [0, 0.1) is 0 Å². The number of hydrogen-bond donors (Lipinski definition) is 0. The number of nitrogens with zero attached hydrogens (tertiary/aromatic N) is 3. The number of esters is 3. The number of carbonyl (C=O) groups is 9. The number of rotatable bonds is 24. The second kappa shape index (κ2) is 25.5. The molecule has 0 spiro atoms. The summed E-state index contributed by atoms with van der Waals surface area (Å²) in [6.45, 7) is -3.76. The van der Waals surface area contributed by atoms with Crippen molar-refractivity contribution in [1.82, 2.24) is 14.7 Å². The Morgan fingerprint density at radius 3 is 0.720 bits per heavy atom. The quantitative estimate of drug-likeness (QED) is 0.0312. The number of hydrogen-bond acceptors (Lipinski definition) is 18. The number of ether oxygens (including phenoxy) is 6. The fourth-order valence-corrected chi connectivity index (χ4v) is 12.1. The Kier molecular flexibility index (Phi) is 16.6. The van der Waals surface area contributed by atoms with Crippen molar-refractivity contribution in [3.8, 4) is 17.2 Å². The number of benzene rings is 9. The summed E-state index contributed by atoms with van der Waals surface area (Å²) in [4.78, 5) is 133. The summed E-state index contributed by atoms with van der Waals surface area (Å²) in [5.74, 6) is -5.11. The van der Waals surface area contributed by atoms with E-state index in [4.69, 9.17) is 28.4 Å². The van der Waals surface area contributed by atoms with Crippen molar-refractivity contribution in [3.05, 3.63) is 303 Å². The van der Waals surface area contributed by atoms with Gasteiger partial charge in [-0.05, 0) is 53.1 Å². The third-order valence-electron chi connectivity index (χ3n) is 16.9. The van der Waals surface area contributed by atoms with E-state index in [-0.39, 0.29) is 87.2 Å². The van der Waals surface area contributed by atoms with Crippen molar-refractivity contribution >= 4 is 52.6 Å². The van der Waals surface area contributed by atoms with Crippen LogP contribution in [0.4, 0.5) is 0 Å². The van der Waals surface area contributed by atoms with Crippen LogP contribution < -0.4 is 14.2 Å². The minimum absolute atomic E-state index is 0.0541. The summed E-state index contributed by atoms with van der Waals surface area (Å²) in [6, 6.07) is 65.2. The highest BCUT2D eigenvalue weighted by atomic mass is 16.6. The lowest BCUT2D eigenvalue weighted by molar-refractivity contribution is -0.283. The van der Waals surface area contributed by atoms with E-state index in [1.807, 2.05) is 0 Å². The highest BCUT2D eigenvalue weighted by Crippen LogP contribution is 2.55. The second-order valence-electron chi connectivity index (χ2n) is 22.8. The smallest absolute Gasteiger partial charge is 0.372 e. The van der Waals surface area contributed by atoms with Crippen molar-refractivity contribution in [1.29, 1.82) is 0 Å². The summed E-state index contributed by atoms with van der Waals surface area (Å²) in [7, 11) is 0. The maximum absolute atomic E-state index is 15.6. The number of carbonyl (C=O) groups excluding carboxylic acids is 9. The first-order valence-corrected chi connectivity index (χ1v) is 30.0. The third-order valence-corrected chi connectivity index (χ3v) is 16.9. The molecule has 9 aromatic carbocycles. The van der Waals surface area contributed by atoms with Crippen molar-refractivity contribution in [2.45, 2.75) is 36.4 Å². The van der Waals surface area contributed by atoms with E-state index in [0.717, 1.165) is 0 Å². The molecule has 0 radical (unpaired) electrons. The van der Waals surface area contributed by atoms with Crippen molar-refractivity contribution < 1.29 is 71.6 Å². The lowest BCUT2D eigenvalue weighted by Gasteiger charge is -2.60. The highest BCUT2D eigenvalue weighted by Gasteiger charge is 2.69. The average molecular weight is 1240 g/mol. The Morgan fingerprint density at radius 1 is 0.290 bits per heavy atom. The van der Waals surface area contributed by atoms with E-state index < -0.39 is 92.3 Å². The second-order valence-corrected chi connectivity index (χ2v) is 22.8. The molecule has 4 aliphatic rings. The van der Waals surface area contributed by atoms with Gasteiger partial charge in [-0.25, -0.2) is 29.1 Å². The maximum Gasteiger partial charge on any atom is 0.372 e. The van der Waals surface area contributed by atoms with Crippen LogP contribution in [0.3, 0.4) is 0 Å². The molecule has 13 rings (SSSR count). The Hall–Kier alpha value is -11.3. The predicted octanol–water partition coefficient (Wildman–Crippen LogP) is 10.1. The molecule has 1 saturated heterocycles. The van der Waals surface area contributed by atoms with Crippen LogP contribution in [0.25, 0.3) is 0 Å². The van der Waals surface area contributed by atoms with Gasteiger partial charge in [-0.1, -0.05) is 200 Å². The van der Waals surface area contributed by atoms with Crippen LogP contribution in [0.15, 0.2) is 237 Å².